The third-order valence-electron chi connectivity index (χ3n) is 4.99. The first-order valence-electron chi connectivity index (χ1n) is 8.28. The zero-order valence-electron chi connectivity index (χ0n) is 12.5. The maximum Gasteiger partial charge on any atom is 0.0371 e. The molecule has 2 aliphatic carbocycles. The zero-order valence-corrected chi connectivity index (χ0v) is 13.3. The van der Waals surface area contributed by atoms with Gasteiger partial charge in [-0.2, -0.15) is 0 Å². The minimum atomic E-state index is 0. The van der Waals surface area contributed by atoms with Gasteiger partial charge in [0, 0.05) is 17.8 Å². The van der Waals surface area contributed by atoms with Crippen LogP contribution in [0.5, 0.6) is 0 Å². The van der Waals surface area contributed by atoms with E-state index < -0.39 is 0 Å². The van der Waals surface area contributed by atoms with Gasteiger partial charge in [-0.3, -0.25) is 0 Å². The first-order valence-corrected chi connectivity index (χ1v) is 8.28. The van der Waals surface area contributed by atoms with Gasteiger partial charge in [-0.15, -0.1) is 12.4 Å². The zero-order chi connectivity index (χ0) is 12.9. The van der Waals surface area contributed by atoms with Crippen LogP contribution in [-0.4, -0.2) is 12.1 Å². The van der Waals surface area contributed by atoms with Crippen molar-refractivity contribution in [3.05, 3.63) is 30.3 Å². The van der Waals surface area contributed by atoms with Crippen molar-refractivity contribution in [1.82, 2.24) is 0 Å². The van der Waals surface area contributed by atoms with Crippen molar-refractivity contribution in [2.24, 2.45) is 0 Å². The third-order valence-corrected chi connectivity index (χ3v) is 4.99. The Morgan fingerprint density at radius 2 is 1.10 bits per heavy atom. The van der Waals surface area contributed by atoms with Gasteiger partial charge in [0.2, 0.25) is 0 Å². The fraction of sp³-hybridized carbons (Fsp3) is 0.667. The highest BCUT2D eigenvalue weighted by Gasteiger charge is 2.28. The molecule has 0 spiro atoms. The highest BCUT2D eigenvalue weighted by molar-refractivity contribution is 5.85. The summed E-state index contributed by atoms with van der Waals surface area (Å²) in [6.45, 7) is 0. The van der Waals surface area contributed by atoms with E-state index in [1.807, 2.05) is 0 Å². The molecule has 0 atom stereocenters. The minimum Gasteiger partial charge on any atom is -0.366 e. The van der Waals surface area contributed by atoms with E-state index >= 15 is 0 Å². The second kappa shape index (κ2) is 7.93. The van der Waals surface area contributed by atoms with Crippen molar-refractivity contribution < 1.29 is 0 Å². The summed E-state index contributed by atoms with van der Waals surface area (Å²) in [5.74, 6) is 0. The molecule has 1 nitrogen and oxygen atoms in total. The normalized spacial score (nSPS) is 21.2. The van der Waals surface area contributed by atoms with Crippen molar-refractivity contribution in [2.45, 2.75) is 76.3 Å². The highest BCUT2D eigenvalue weighted by atomic mass is 35.5. The monoisotopic (exact) mass is 293 g/mol. The number of anilines is 1. The first-order chi connectivity index (χ1) is 9.45. The highest BCUT2D eigenvalue weighted by Crippen LogP contribution is 2.33. The molecule has 2 saturated carbocycles. The Morgan fingerprint density at radius 3 is 1.55 bits per heavy atom. The van der Waals surface area contributed by atoms with E-state index in [9.17, 15) is 0 Å². The van der Waals surface area contributed by atoms with Crippen molar-refractivity contribution >= 4 is 18.1 Å². The molecular formula is C18H28ClN. The smallest absolute Gasteiger partial charge is 0.0371 e. The molecule has 0 bridgehead atoms. The van der Waals surface area contributed by atoms with Gasteiger partial charge >= 0.3 is 0 Å². The molecule has 1 aromatic carbocycles. The molecule has 0 N–H and O–H groups in total. The van der Waals surface area contributed by atoms with E-state index in [0.717, 1.165) is 12.1 Å². The Kier molecular flexibility index (Phi) is 6.22. The molecule has 2 heteroatoms. The predicted molar refractivity (Wildman–Crippen MR) is 89.9 cm³/mol. The van der Waals surface area contributed by atoms with E-state index in [0.29, 0.717) is 0 Å². The molecule has 112 valence electrons. The summed E-state index contributed by atoms with van der Waals surface area (Å²) >= 11 is 0. The standard InChI is InChI=1S/C18H27N.ClH/c1-4-10-16(11-5-1)19(17-12-6-2-7-13-17)18-14-8-3-9-15-18;/h1,4-5,10-11,17-18H,2-3,6-9,12-15H2;1H. The molecule has 0 saturated heterocycles. The lowest BCUT2D eigenvalue weighted by molar-refractivity contribution is 0.340. The fourth-order valence-corrected chi connectivity index (χ4v) is 4.04. The van der Waals surface area contributed by atoms with Gasteiger partial charge in [-0.05, 0) is 37.8 Å². The molecular weight excluding hydrogens is 266 g/mol. The topological polar surface area (TPSA) is 3.24 Å². The molecule has 0 amide bonds. The van der Waals surface area contributed by atoms with E-state index in [4.69, 9.17) is 0 Å². The van der Waals surface area contributed by atoms with Gasteiger partial charge in [0.15, 0.2) is 0 Å². The summed E-state index contributed by atoms with van der Waals surface area (Å²) in [6.07, 6.45) is 14.3. The minimum absolute atomic E-state index is 0. The molecule has 1 aromatic rings. The number of para-hydroxylation sites is 1. The van der Waals surface area contributed by atoms with Gasteiger partial charge in [0.05, 0.1) is 0 Å². The number of nitrogens with zero attached hydrogens (tertiary/aromatic N) is 1. The Labute approximate surface area is 130 Å². The average Bonchev–Trinajstić information content (AvgIpc) is 2.51. The van der Waals surface area contributed by atoms with E-state index in [-0.39, 0.29) is 12.4 Å². The average molecular weight is 294 g/mol. The van der Waals surface area contributed by atoms with Crippen LogP contribution in [0.15, 0.2) is 30.3 Å². The second-order valence-corrected chi connectivity index (χ2v) is 6.33. The van der Waals surface area contributed by atoms with E-state index in [1.54, 1.807) is 0 Å². The number of rotatable bonds is 3. The molecule has 0 aromatic heterocycles. The largest absolute Gasteiger partial charge is 0.366 e. The van der Waals surface area contributed by atoms with Crippen LogP contribution in [0.1, 0.15) is 64.2 Å². The van der Waals surface area contributed by atoms with E-state index in [2.05, 4.69) is 35.2 Å². The van der Waals surface area contributed by atoms with Gasteiger partial charge in [-0.1, -0.05) is 56.7 Å². The number of benzene rings is 1. The summed E-state index contributed by atoms with van der Waals surface area (Å²) < 4.78 is 0. The molecule has 0 unspecified atom stereocenters. The van der Waals surface area contributed by atoms with Crippen LogP contribution >= 0.6 is 12.4 Å². The van der Waals surface area contributed by atoms with Crippen LogP contribution in [0.25, 0.3) is 0 Å². The summed E-state index contributed by atoms with van der Waals surface area (Å²) in [6, 6.07) is 12.8. The van der Waals surface area contributed by atoms with Crippen LogP contribution in [0.2, 0.25) is 0 Å². The van der Waals surface area contributed by atoms with Gasteiger partial charge in [-0.25, -0.2) is 0 Å². The van der Waals surface area contributed by atoms with Gasteiger partial charge in [0.25, 0.3) is 0 Å². The van der Waals surface area contributed by atoms with Crippen LogP contribution in [0.3, 0.4) is 0 Å². The second-order valence-electron chi connectivity index (χ2n) is 6.33. The summed E-state index contributed by atoms with van der Waals surface area (Å²) in [5.41, 5.74) is 1.47. The van der Waals surface area contributed by atoms with E-state index in [1.165, 1.54) is 69.9 Å². The maximum atomic E-state index is 2.80. The summed E-state index contributed by atoms with van der Waals surface area (Å²) in [5, 5.41) is 0. The van der Waals surface area contributed by atoms with Crippen LogP contribution < -0.4 is 4.90 Å². The SMILES string of the molecule is Cl.c1ccc(N(C2CCCCC2)C2CCCCC2)cc1. The van der Waals surface area contributed by atoms with Gasteiger partial charge < -0.3 is 4.90 Å². The number of hydrogen-bond acceptors (Lipinski definition) is 1. The molecule has 2 aliphatic rings. The Hall–Kier alpha value is -0.690. The fourth-order valence-electron chi connectivity index (χ4n) is 4.04. The molecule has 0 aliphatic heterocycles. The van der Waals surface area contributed by atoms with Crippen molar-refractivity contribution in [2.75, 3.05) is 4.90 Å². The summed E-state index contributed by atoms with van der Waals surface area (Å²) in [4.78, 5) is 2.80. The lowest BCUT2D eigenvalue weighted by atomic mass is 9.88. The van der Waals surface area contributed by atoms with Crippen LogP contribution in [0, 0.1) is 0 Å². The Balaban J connectivity index is 0.00000147. The number of halogens is 1. The van der Waals surface area contributed by atoms with Crippen LogP contribution in [-0.2, 0) is 0 Å². The number of hydrogen-bond donors (Lipinski definition) is 0. The summed E-state index contributed by atoms with van der Waals surface area (Å²) in [7, 11) is 0. The lowest BCUT2D eigenvalue weighted by Gasteiger charge is -2.43. The molecule has 0 heterocycles. The molecule has 3 rings (SSSR count). The molecule has 2 fully saturated rings. The van der Waals surface area contributed by atoms with Gasteiger partial charge in [0.1, 0.15) is 0 Å². The Bertz CT molecular complexity index is 348. The van der Waals surface area contributed by atoms with Crippen molar-refractivity contribution in [1.29, 1.82) is 0 Å². The lowest BCUT2D eigenvalue weighted by Crippen LogP contribution is -2.45. The van der Waals surface area contributed by atoms with Crippen molar-refractivity contribution in [3.63, 3.8) is 0 Å². The first kappa shape index (κ1) is 15.7. The van der Waals surface area contributed by atoms with Crippen LogP contribution in [0.4, 0.5) is 5.69 Å². The van der Waals surface area contributed by atoms with Crippen molar-refractivity contribution in [3.8, 4) is 0 Å². The molecule has 20 heavy (non-hydrogen) atoms. The quantitative estimate of drug-likeness (QED) is 0.703. The maximum absolute atomic E-state index is 2.80. The third kappa shape index (κ3) is 3.69. The molecule has 0 radical (unpaired) electrons. The Morgan fingerprint density at radius 1 is 0.650 bits per heavy atom. The predicted octanol–water partition coefficient (Wildman–Crippen LogP) is 5.58.